The first-order valence-corrected chi connectivity index (χ1v) is 5.67. The number of nitriles is 1. The van der Waals surface area contributed by atoms with E-state index in [1.54, 1.807) is 11.8 Å². The molecule has 0 radical (unpaired) electrons. The molecule has 0 saturated heterocycles. The van der Waals surface area contributed by atoms with Crippen LogP contribution in [0.5, 0.6) is 5.75 Å². The van der Waals surface area contributed by atoms with Crippen LogP contribution >= 0.6 is 11.8 Å². The van der Waals surface area contributed by atoms with Crippen LogP contribution in [0.4, 0.5) is 0 Å². The second-order valence-electron chi connectivity index (χ2n) is 3.01. The molecule has 1 heterocycles. The minimum atomic E-state index is -0.556. The summed E-state index contributed by atoms with van der Waals surface area (Å²) in [4.78, 5) is 4.24. The summed E-state index contributed by atoms with van der Waals surface area (Å²) in [7, 11) is 0. The highest BCUT2D eigenvalue weighted by Gasteiger charge is 2.20. The van der Waals surface area contributed by atoms with Gasteiger partial charge in [0.1, 0.15) is 16.9 Å². The van der Waals surface area contributed by atoms with Crippen LogP contribution in [0.2, 0.25) is 0 Å². The van der Waals surface area contributed by atoms with Crippen molar-refractivity contribution in [3.63, 3.8) is 0 Å². The summed E-state index contributed by atoms with van der Waals surface area (Å²) in [6.45, 7) is 0.788. The Morgan fingerprint density at radius 2 is 2.20 bits per heavy atom. The quantitative estimate of drug-likeness (QED) is 0.780. The number of ether oxygens (including phenoxy) is 1. The molecule has 3 nitrogen and oxygen atoms in total. The van der Waals surface area contributed by atoms with Crippen LogP contribution in [0.3, 0.4) is 0 Å². The fourth-order valence-electron chi connectivity index (χ4n) is 1.28. The second kappa shape index (κ2) is 4.85. The van der Waals surface area contributed by atoms with Crippen molar-refractivity contribution in [2.24, 2.45) is 4.99 Å². The van der Waals surface area contributed by atoms with Crippen molar-refractivity contribution in [2.45, 2.75) is 6.10 Å². The van der Waals surface area contributed by atoms with E-state index in [9.17, 15) is 0 Å². The molecule has 15 heavy (non-hydrogen) atoms. The van der Waals surface area contributed by atoms with Gasteiger partial charge < -0.3 is 4.74 Å². The van der Waals surface area contributed by atoms with E-state index < -0.39 is 6.10 Å². The van der Waals surface area contributed by atoms with E-state index in [4.69, 9.17) is 10.00 Å². The molecule has 0 aromatic heterocycles. The van der Waals surface area contributed by atoms with Crippen LogP contribution in [0.25, 0.3) is 0 Å². The predicted molar refractivity (Wildman–Crippen MR) is 61.2 cm³/mol. The molecule has 1 aliphatic rings. The third-order valence-corrected chi connectivity index (χ3v) is 2.97. The molecule has 0 fully saturated rings. The van der Waals surface area contributed by atoms with Gasteiger partial charge >= 0.3 is 0 Å². The largest absolute Gasteiger partial charge is 0.469 e. The van der Waals surface area contributed by atoms with Crippen LogP contribution in [0, 0.1) is 11.3 Å². The molecule has 4 heteroatoms. The van der Waals surface area contributed by atoms with Gasteiger partial charge in [-0.15, -0.1) is 11.8 Å². The van der Waals surface area contributed by atoms with Gasteiger partial charge in [-0.2, -0.15) is 5.26 Å². The van der Waals surface area contributed by atoms with Gasteiger partial charge in [0.25, 0.3) is 0 Å². The minimum absolute atomic E-state index is 0.556. The van der Waals surface area contributed by atoms with Gasteiger partial charge in [0.05, 0.1) is 0 Å². The first-order chi connectivity index (χ1) is 7.40. The Hall–Kier alpha value is -1.47. The molecule has 0 N–H and O–H groups in total. The van der Waals surface area contributed by atoms with Gasteiger partial charge in [-0.25, -0.2) is 0 Å². The van der Waals surface area contributed by atoms with E-state index in [0.29, 0.717) is 5.75 Å². The molecule has 1 unspecified atom stereocenters. The lowest BCUT2D eigenvalue weighted by Gasteiger charge is -2.11. The van der Waals surface area contributed by atoms with Gasteiger partial charge in [0.15, 0.2) is 0 Å². The number of hydrogen-bond acceptors (Lipinski definition) is 4. The Morgan fingerprint density at radius 3 is 2.80 bits per heavy atom. The third-order valence-electron chi connectivity index (χ3n) is 1.95. The molecule has 0 aliphatic carbocycles. The summed E-state index contributed by atoms with van der Waals surface area (Å²) in [6.07, 6.45) is -0.556. The summed E-state index contributed by atoms with van der Waals surface area (Å²) in [5.74, 6) is 1.66. The fraction of sp³-hybridized carbons (Fsp3) is 0.273. The Balaban J connectivity index is 2.07. The van der Waals surface area contributed by atoms with Crippen molar-refractivity contribution in [2.75, 3.05) is 12.3 Å². The molecular formula is C11H10N2OS. The number of benzene rings is 1. The topological polar surface area (TPSA) is 45.4 Å². The van der Waals surface area contributed by atoms with Crippen LogP contribution in [-0.4, -0.2) is 23.4 Å². The summed E-state index contributed by atoms with van der Waals surface area (Å²) in [6, 6.07) is 11.5. The zero-order valence-corrected chi connectivity index (χ0v) is 8.91. The molecule has 1 atom stereocenters. The smallest absolute Gasteiger partial charge is 0.231 e. The van der Waals surface area contributed by atoms with Crippen molar-refractivity contribution in [1.82, 2.24) is 0 Å². The Bertz CT molecular complexity index is 397. The standard InChI is InChI=1S/C11H10N2OS/c12-8-10(11-13-6-7-15-11)14-9-4-2-1-3-5-9/h1-5,10H,6-7H2. The second-order valence-corrected chi connectivity index (χ2v) is 4.12. The Kier molecular flexibility index (Phi) is 3.25. The fourth-order valence-corrected chi connectivity index (χ4v) is 2.10. The monoisotopic (exact) mass is 218 g/mol. The highest BCUT2D eigenvalue weighted by Crippen LogP contribution is 2.19. The van der Waals surface area contributed by atoms with E-state index in [0.717, 1.165) is 17.3 Å². The van der Waals surface area contributed by atoms with E-state index in [1.165, 1.54) is 0 Å². The zero-order valence-electron chi connectivity index (χ0n) is 8.09. The summed E-state index contributed by atoms with van der Waals surface area (Å²) in [5.41, 5.74) is 0. The first kappa shape index (κ1) is 10.1. The van der Waals surface area contributed by atoms with E-state index in [2.05, 4.69) is 11.1 Å². The lowest BCUT2D eigenvalue weighted by atomic mass is 10.3. The predicted octanol–water partition coefficient (Wildman–Crippen LogP) is 2.10. The number of rotatable bonds is 3. The van der Waals surface area contributed by atoms with Gasteiger partial charge in [0, 0.05) is 12.3 Å². The molecule has 1 aliphatic heterocycles. The van der Waals surface area contributed by atoms with Gasteiger partial charge in [-0.1, -0.05) is 18.2 Å². The number of aliphatic imine (C=N–C) groups is 1. The van der Waals surface area contributed by atoms with Crippen molar-refractivity contribution >= 4 is 16.8 Å². The first-order valence-electron chi connectivity index (χ1n) is 4.68. The number of nitrogens with zero attached hydrogens (tertiary/aromatic N) is 2. The molecular weight excluding hydrogens is 208 g/mol. The lowest BCUT2D eigenvalue weighted by Crippen LogP contribution is -2.21. The van der Waals surface area contributed by atoms with Crippen molar-refractivity contribution in [1.29, 1.82) is 5.26 Å². The Morgan fingerprint density at radius 1 is 1.40 bits per heavy atom. The van der Waals surface area contributed by atoms with E-state index in [1.807, 2.05) is 30.3 Å². The van der Waals surface area contributed by atoms with Crippen molar-refractivity contribution in [3.05, 3.63) is 30.3 Å². The normalized spacial score (nSPS) is 16.6. The number of thioether (sulfide) groups is 1. The van der Waals surface area contributed by atoms with Crippen LogP contribution in [0.1, 0.15) is 0 Å². The minimum Gasteiger partial charge on any atom is -0.469 e. The molecule has 1 aromatic rings. The maximum atomic E-state index is 8.98. The zero-order chi connectivity index (χ0) is 10.5. The molecule has 1 aromatic carbocycles. The molecule has 0 bridgehead atoms. The summed E-state index contributed by atoms with van der Waals surface area (Å²) in [5, 5.41) is 9.77. The number of hydrogen-bond donors (Lipinski definition) is 0. The third kappa shape index (κ3) is 2.51. The van der Waals surface area contributed by atoms with Crippen LogP contribution in [-0.2, 0) is 0 Å². The molecule has 2 rings (SSSR count). The van der Waals surface area contributed by atoms with E-state index >= 15 is 0 Å². The van der Waals surface area contributed by atoms with E-state index in [-0.39, 0.29) is 0 Å². The summed E-state index contributed by atoms with van der Waals surface area (Å²) >= 11 is 1.60. The van der Waals surface area contributed by atoms with Crippen LogP contribution in [0.15, 0.2) is 35.3 Å². The number of para-hydroxylation sites is 1. The highest BCUT2D eigenvalue weighted by molar-refractivity contribution is 8.14. The Labute approximate surface area is 92.8 Å². The summed E-state index contributed by atoms with van der Waals surface area (Å²) < 4.78 is 5.53. The van der Waals surface area contributed by atoms with Crippen molar-refractivity contribution in [3.8, 4) is 11.8 Å². The van der Waals surface area contributed by atoms with Gasteiger partial charge in [-0.3, -0.25) is 4.99 Å². The average Bonchev–Trinajstić information content (AvgIpc) is 2.81. The maximum absolute atomic E-state index is 8.98. The maximum Gasteiger partial charge on any atom is 0.231 e. The molecule has 0 spiro atoms. The van der Waals surface area contributed by atoms with Gasteiger partial charge in [-0.05, 0) is 12.1 Å². The molecule has 0 saturated carbocycles. The lowest BCUT2D eigenvalue weighted by molar-refractivity contribution is 0.321. The highest BCUT2D eigenvalue weighted by atomic mass is 32.2. The van der Waals surface area contributed by atoms with Crippen LogP contribution < -0.4 is 4.74 Å². The van der Waals surface area contributed by atoms with Crippen molar-refractivity contribution < 1.29 is 4.74 Å². The molecule has 76 valence electrons. The SMILES string of the molecule is N#CC(Oc1ccccc1)C1=NCCS1. The average molecular weight is 218 g/mol. The molecule has 0 amide bonds. The van der Waals surface area contributed by atoms with Gasteiger partial charge in [0.2, 0.25) is 6.10 Å².